The van der Waals surface area contributed by atoms with Crippen LogP contribution in [0.3, 0.4) is 0 Å². The van der Waals surface area contributed by atoms with Crippen molar-refractivity contribution in [2.45, 2.75) is 72.6 Å². The van der Waals surface area contributed by atoms with Crippen molar-refractivity contribution in [3.8, 4) is 0 Å². The third-order valence-corrected chi connectivity index (χ3v) is 5.07. The number of amides is 1. The molecule has 0 aromatic carbocycles. The molecule has 0 atom stereocenters. The molecule has 0 rings (SSSR count). The normalized spacial score (nSPS) is 12.5. The molecule has 162 valence electrons. The summed E-state index contributed by atoms with van der Waals surface area (Å²) in [7, 11) is -3.64. The van der Waals surface area contributed by atoms with Crippen molar-refractivity contribution < 1.29 is 37.5 Å². The fraction of sp³-hybridized carbons (Fsp3) is 0.722. The predicted octanol–water partition coefficient (Wildman–Crippen LogP) is 2.93. The van der Waals surface area contributed by atoms with Gasteiger partial charge in [0.25, 0.3) is 0 Å². The molecule has 0 aromatic rings. The van der Waals surface area contributed by atoms with Crippen LogP contribution in [-0.2, 0) is 37.5 Å². The van der Waals surface area contributed by atoms with Gasteiger partial charge in [0, 0.05) is 19.2 Å². The summed E-state index contributed by atoms with van der Waals surface area (Å²) in [5.41, 5.74) is -2.10. The highest BCUT2D eigenvalue weighted by molar-refractivity contribution is 7.57. The van der Waals surface area contributed by atoms with Gasteiger partial charge < -0.3 is 23.8 Å². The summed E-state index contributed by atoms with van der Waals surface area (Å²) in [6, 6.07) is 0. The van der Waals surface area contributed by atoms with Gasteiger partial charge in [-0.2, -0.15) is 0 Å². The first kappa shape index (κ1) is 26.3. The van der Waals surface area contributed by atoms with E-state index in [4.69, 9.17) is 18.5 Å². The summed E-state index contributed by atoms with van der Waals surface area (Å²) < 4.78 is 33.6. The molecule has 0 radical (unpaired) electrons. The Morgan fingerprint density at radius 1 is 0.964 bits per heavy atom. The van der Waals surface area contributed by atoms with Crippen LogP contribution in [0.1, 0.15) is 54.9 Å². The summed E-state index contributed by atoms with van der Waals surface area (Å²) in [4.78, 5) is 36.7. The van der Waals surface area contributed by atoms with Crippen LogP contribution in [0.4, 0.5) is 0 Å². The van der Waals surface area contributed by atoms with E-state index < -0.39 is 31.0 Å². The Hall–Kier alpha value is -1.70. The quantitative estimate of drug-likeness (QED) is 0.290. The molecule has 1 N–H and O–H groups in total. The lowest BCUT2D eigenvalue weighted by Crippen LogP contribution is -2.60. The third kappa shape index (κ3) is 8.54. The number of hydrogen-bond donors (Lipinski definition) is 1. The zero-order valence-corrected chi connectivity index (χ0v) is 18.5. The van der Waals surface area contributed by atoms with Crippen LogP contribution in [0.25, 0.3) is 0 Å². The summed E-state index contributed by atoms with van der Waals surface area (Å²) >= 11 is 0. The number of hydrogen-bond acceptors (Lipinski definition) is 8. The van der Waals surface area contributed by atoms with Crippen molar-refractivity contribution in [1.82, 2.24) is 5.32 Å². The minimum Gasteiger partial charge on any atom is -0.464 e. The van der Waals surface area contributed by atoms with Crippen LogP contribution in [-0.4, -0.2) is 48.8 Å². The lowest BCUT2D eigenvalue weighted by molar-refractivity contribution is -0.167. The number of carbonyl (C=O) groups is 3. The smallest absolute Gasteiger partial charge is 0.354 e. The molecular weight excluding hydrogens is 389 g/mol. The molecule has 0 heterocycles. The van der Waals surface area contributed by atoms with Gasteiger partial charge in [-0.15, -0.1) is 0 Å². The molecule has 0 bridgehead atoms. The van der Waals surface area contributed by atoms with Crippen LogP contribution in [0, 0.1) is 0 Å². The van der Waals surface area contributed by atoms with E-state index >= 15 is 0 Å². The molecule has 0 fully saturated rings. The Balaban J connectivity index is 5.92. The number of nitrogens with one attached hydrogen (secondary N) is 1. The number of carbonyl (C=O) groups excluding carboxylic acids is 3. The van der Waals surface area contributed by atoms with Crippen LogP contribution in [0.2, 0.25) is 0 Å². The highest BCUT2D eigenvalue weighted by atomic mass is 31.2. The maximum absolute atomic E-state index is 12.9. The second-order valence-electron chi connectivity index (χ2n) is 6.46. The Kier molecular flexibility index (Phi) is 11.3. The SMILES string of the molecule is CCOC(=O)C(CC=CP(=O)(OC(C)C)OC(C)C)(NC(C)=O)C(=O)OCC. The van der Waals surface area contributed by atoms with E-state index in [9.17, 15) is 18.9 Å². The zero-order valence-electron chi connectivity index (χ0n) is 17.6. The predicted molar refractivity (Wildman–Crippen MR) is 104 cm³/mol. The molecule has 0 unspecified atom stereocenters. The molecule has 1 amide bonds. The second kappa shape index (κ2) is 12.0. The van der Waals surface area contributed by atoms with Gasteiger partial charge in [-0.05, 0) is 41.5 Å². The highest BCUT2D eigenvalue weighted by Gasteiger charge is 2.49. The fourth-order valence-corrected chi connectivity index (χ4v) is 3.98. The zero-order chi connectivity index (χ0) is 22.0. The fourth-order valence-electron chi connectivity index (χ4n) is 2.25. The van der Waals surface area contributed by atoms with E-state index in [1.807, 2.05) is 0 Å². The number of rotatable bonds is 12. The van der Waals surface area contributed by atoms with Crippen LogP contribution >= 0.6 is 7.60 Å². The van der Waals surface area contributed by atoms with Gasteiger partial charge in [0.15, 0.2) is 0 Å². The van der Waals surface area contributed by atoms with Crippen LogP contribution in [0.5, 0.6) is 0 Å². The maximum Gasteiger partial charge on any atom is 0.354 e. The number of ether oxygens (including phenoxy) is 2. The standard InChI is InChI=1S/C18H32NO8P/c1-8-24-16(21)18(19-15(7)20,17(22)25-9-2)11-10-12-28(23,26-13(3)4)27-14(5)6/h10,12-14H,8-9,11H2,1-7H3,(H,19,20). The monoisotopic (exact) mass is 421 g/mol. The molecule has 0 aliphatic rings. The first-order valence-electron chi connectivity index (χ1n) is 9.19. The Labute approximate surface area is 166 Å². The summed E-state index contributed by atoms with van der Waals surface area (Å²) in [5, 5.41) is 2.32. The van der Waals surface area contributed by atoms with E-state index in [2.05, 4.69) is 5.32 Å². The molecule has 10 heteroatoms. The molecule has 0 saturated carbocycles. The first-order valence-corrected chi connectivity index (χ1v) is 10.8. The van der Waals surface area contributed by atoms with Gasteiger partial charge in [0.1, 0.15) is 0 Å². The van der Waals surface area contributed by atoms with E-state index in [0.29, 0.717) is 0 Å². The van der Waals surface area contributed by atoms with E-state index in [0.717, 1.165) is 6.92 Å². The second-order valence-corrected chi connectivity index (χ2v) is 8.26. The van der Waals surface area contributed by atoms with Gasteiger partial charge in [-0.3, -0.25) is 9.36 Å². The Morgan fingerprint density at radius 2 is 1.39 bits per heavy atom. The molecule has 0 aliphatic carbocycles. The lowest BCUT2D eigenvalue weighted by Gasteiger charge is -2.28. The van der Waals surface area contributed by atoms with Crippen molar-refractivity contribution in [3.05, 3.63) is 11.9 Å². The number of esters is 2. The molecule has 0 aliphatic heterocycles. The molecule has 0 spiro atoms. The molecule has 0 aromatic heterocycles. The molecule has 9 nitrogen and oxygen atoms in total. The summed E-state index contributed by atoms with van der Waals surface area (Å²) in [6.45, 7) is 11.1. The van der Waals surface area contributed by atoms with Crippen LogP contribution in [0.15, 0.2) is 11.9 Å². The van der Waals surface area contributed by atoms with Gasteiger partial charge >= 0.3 is 19.5 Å². The molecule has 28 heavy (non-hydrogen) atoms. The van der Waals surface area contributed by atoms with E-state index in [1.165, 1.54) is 11.9 Å². The van der Waals surface area contributed by atoms with Crippen molar-refractivity contribution >= 4 is 25.4 Å². The van der Waals surface area contributed by atoms with Crippen molar-refractivity contribution in [1.29, 1.82) is 0 Å². The van der Waals surface area contributed by atoms with Gasteiger partial charge in [-0.25, -0.2) is 9.59 Å². The molecular formula is C18H32NO8P. The van der Waals surface area contributed by atoms with Gasteiger partial charge in [0.2, 0.25) is 11.4 Å². The summed E-state index contributed by atoms with van der Waals surface area (Å²) in [5.74, 6) is -1.41. The van der Waals surface area contributed by atoms with Crippen molar-refractivity contribution in [2.24, 2.45) is 0 Å². The Morgan fingerprint density at radius 3 is 1.71 bits per heavy atom. The topological polar surface area (TPSA) is 117 Å². The van der Waals surface area contributed by atoms with Crippen molar-refractivity contribution in [3.63, 3.8) is 0 Å². The largest absolute Gasteiger partial charge is 0.464 e. The Bertz CT molecular complexity index is 583. The molecule has 0 saturated heterocycles. The van der Waals surface area contributed by atoms with Crippen LogP contribution < -0.4 is 5.32 Å². The average molecular weight is 421 g/mol. The maximum atomic E-state index is 12.9. The lowest BCUT2D eigenvalue weighted by atomic mass is 9.95. The average Bonchev–Trinajstić information content (AvgIpc) is 2.51. The third-order valence-electron chi connectivity index (χ3n) is 3.06. The first-order chi connectivity index (χ1) is 12.9. The minimum absolute atomic E-state index is 0.00526. The highest BCUT2D eigenvalue weighted by Crippen LogP contribution is 2.52. The minimum atomic E-state index is -3.64. The van der Waals surface area contributed by atoms with E-state index in [-0.39, 0.29) is 31.8 Å². The van der Waals surface area contributed by atoms with E-state index in [1.54, 1.807) is 41.5 Å². The summed E-state index contributed by atoms with van der Waals surface area (Å²) in [6.07, 6.45) is 0.167. The van der Waals surface area contributed by atoms with Gasteiger partial charge in [-0.1, -0.05) is 6.08 Å². The van der Waals surface area contributed by atoms with Gasteiger partial charge in [0.05, 0.1) is 25.4 Å². The van der Waals surface area contributed by atoms with Crippen molar-refractivity contribution in [2.75, 3.05) is 13.2 Å².